The van der Waals surface area contributed by atoms with Crippen molar-refractivity contribution in [2.75, 3.05) is 29.9 Å². The van der Waals surface area contributed by atoms with Crippen molar-refractivity contribution in [1.82, 2.24) is 4.31 Å². The predicted octanol–water partition coefficient (Wildman–Crippen LogP) is 3.77. The Kier molecular flexibility index (Phi) is 7.80. The lowest BCUT2D eigenvalue weighted by Crippen LogP contribution is -2.32. The molecule has 1 atom stereocenters. The van der Waals surface area contributed by atoms with Gasteiger partial charge in [-0.1, -0.05) is 13.8 Å². The van der Waals surface area contributed by atoms with Gasteiger partial charge in [-0.15, -0.1) is 0 Å². The Balaban J connectivity index is 1.71. The fourth-order valence-electron chi connectivity index (χ4n) is 3.76. The van der Waals surface area contributed by atoms with Crippen LogP contribution < -0.4 is 10.2 Å². The van der Waals surface area contributed by atoms with Gasteiger partial charge in [0.25, 0.3) is 0 Å². The minimum atomic E-state index is -3.64. The molecule has 1 fully saturated rings. The van der Waals surface area contributed by atoms with Crippen LogP contribution in [0.5, 0.6) is 0 Å². The van der Waals surface area contributed by atoms with Crippen LogP contribution in [0.25, 0.3) is 0 Å². The number of rotatable bonds is 9. The maximum absolute atomic E-state index is 13.8. The Morgan fingerprint density at radius 2 is 1.73 bits per heavy atom. The van der Waals surface area contributed by atoms with E-state index in [1.807, 2.05) is 13.8 Å². The van der Waals surface area contributed by atoms with Crippen molar-refractivity contribution in [3.63, 3.8) is 0 Å². The molecule has 0 saturated carbocycles. The van der Waals surface area contributed by atoms with Gasteiger partial charge in [0.1, 0.15) is 11.6 Å². The van der Waals surface area contributed by atoms with Gasteiger partial charge in [0.05, 0.1) is 16.5 Å². The summed E-state index contributed by atoms with van der Waals surface area (Å²) in [6, 6.07) is 8.81. The first-order chi connectivity index (χ1) is 15.7. The molecule has 1 heterocycles. The number of anilines is 2. The molecule has 1 aliphatic heterocycles. The molecule has 0 radical (unpaired) electrons. The van der Waals surface area contributed by atoms with Gasteiger partial charge in [-0.05, 0) is 49.2 Å². The molecule has 2 amide bonds. The van der Waals surface area contributed by atoms with Gasteiger partial charge in [-0.25, -0.2) is 17.2 Å². The van der Waals surface area contributed by atoms with Gasteiger partial charge in [-0.2, -0.15) is 4.31 Å². The second kappa shape index (κ2) is 10.4. The second-order valence-electron chi connectivity index (χ2n) is 7.92. The fourth-order valence-corrected chi connectivity index (χ4v) is 5.38. The van der Waals surface area contributed by atoms with Crippen LogP contribution in [-0.4, -0.2) is 44.2 Å². The molecule has 2 aromatic rings. The zero-order valence-electron chi connectivity index (χ0n) is 18.6. The molecule has 2 aromatic carbocycles. The van der Waals surface area contributed by atoms with Crippen molar-refractivity contribution in [3.05, 3.63) is 54.1 Å². The lowest BCUT2D eigenvalue weighted by molar-refractivity contribution is -0.122. The highest BCUT2D eigenvalue weighted by molar-refractivity contribution is 7.89. The topological polar surface area (TPSA) is 86.8 Å². The lowest BCUT2D eigenvalue weighted by atomic mass is 10.1. The Morgan fingerprint density at radius 3 is 2.30 bits per heavy atom. The van der Waals surface area contributed by atoms with Crippen molar-refractivity contribution in [2.24, 2.45) is 5.92 Å². The molecular weight excluding hydrogens is 452 g/mol. The fraction of sp³-hybridized carbons (Fsp3) is 0.391. The smallest absolute Gasteiger partial charge is 0.243 e. The van der Waals surface area contributed by atoms with Crippen molar-refractivity contribution in [2.45, 2.75) is 38.0 Å². The van der Waals surface area contributed by atoms with Crippen molar-refractivity contribution < 1.29 is 26.8 Å². The summed E-state index contributed by atoms with van der Waals surface area (Å²) in [7, 11) is -3.64. The number of amides is 2. The standard InChI is InChI=1S/C23H27F2N3O4S/c1-3-11-27(12-4-2)33(31,32)19-8-6-18(7-9-19)28-15-16(13-22(28)29)23(30)26-21-10-5-17(24)14-20(21)25/h5-10,14,16H,3-4,11-13,15H2,1-2H3,(H,26,30)/t16-/m0/s1. The number of carbonyl (C=O) groups excluding carboxylic acids is 2. The zero-order chi connectivity index (χ0) is 24.2. The summed E-state index contributed by atoms with van der Waals surface area (Å²) < 4.78 is 54.1. The average Bonchev–Trinajstić information content (AvgIpc) is 3.17. The summed E-state index contributed by atoms with van der Waals surface area (Å²) >= 11 is 0. The predicted molar refractivity (Wildman–Crippen MR) is 121 cm³/mol. The van der Waals surface area contributed by atoms with Crippen LogP contribution in [0.4, 0.5) is 20.2 Å². The molecule has 1 aliphatic rings. The van der Waals surface area contributed by atoms with E-state index in [2.05, 4.69) is 5.32 Å². The summed E-state index contributed by atoms with van der Waals surface area (Å²) in [5.74, 6) is -3.24. The molecule has 7 nitrogen and oxygen atoms in total. The molecule has 0 aromatic heterocycles. The highest BCUT2D eigenvalue weighted by atomic mass is 32.2. The van der Waals surface area contributed by atoms with Crippen molar-refractivity contribution in [1.29, 1.82) is 0 Å². The minimum Gasteiger partial charge on any atom is -0.323 e. The Labute approximate surface area is 192 Å². The number of carbonyl (C=O) groups is 2. The zero-order valence-corrected chi connectivity index (χ0v) is 19.4. The number of hydrogen-bond acceptors (Lipinski definition) is 4. The summed E-state index contributed by atoms with van der Waals surface area (Å²) in [6.07, 6.45) is 1.32. The van der Waals surface area contributed by atoms with Gasteiger partial charge in [-0.3, -0.25) is 9.59 Å². The molecule has 3 rings (SSSR count). The molecule has 10 heteroatoms. The van der Waals surface area contributed by atoms with E-state index in [9.17, 15) is 26.8 Å². The highest BCUT2D eigenvalue weighted by Gasteiger charge is 2.35. The Bertz CT molecular complexity index is 1120. The van der Waals surface area contributed by atoms with E-state index in [0.717, 1.165) is 12.1 Å². The largest absolute Gasteiger partial charge is 0.323 e. The molecule has 0 unspecified atom stereocenters. The van der Waals surface area contributed by atoms with E-state index >= 15 is 0 Å². The van der Waals surface area contributed by atoms with Crippen LogP contribution in [0.3, 0.4) is 0 Å². The van der Waals surface area contributed by atoms with Gasteiger partial charge < -0.3 is 10.2 Å². The molecule has 1 N–H and O–H groups in total. The Morgan fingerprint density at radius 1 is 1.09 bits per heavy atom. The number of halogens is 2. The summed E-state index contributed by atoms with van der Waals surface area (Å²) in [6.45, 7) is 4.74. The van der Waals surface area contributed by atoms with Crippen molar-refractivity contribution >= 4 is 33.2 Å². The molecule has 0 spiro atoms. The SMILES string of the molecule is CCCN(CCC)S(=O)(=O)c1ccc(N2C[C@@H](C(=O)Nc3ccc(F)cc3F)CC2=O)cc1. The van der Waals surface area contributed by atoms with Gasteiger partial charge in [0, 0.05) is 37.8 Å². The van der Waals surface area contributed by atoms with Crippen LogP contribution in [0.2, 0.25) is 0 Å². The third-order valence-electron chi connectivity index (χ3n) is 5.42. The molecular formula is C23H27F2N3O4S. The number of nitrogens with one attached hydrogen (secondary N) is 1. The first-order valence-corrected chi connectivity index (χ1v) is 12.3. The number of nitrogens with zero attached hydrogens (tertiary/aromatic N) is 2. The quantitative estimate of drug-likeness (QED) is 0.593. The second-order valence-corrected chi connectivity index (χ2v) is 9.85. The van der Waals surface area contributed by atoms with E-state index in [0.29, 0.717) is 37.7 Å². The summed E-state index contributed by atoms with van der Waals surface area (Å²) in [4.78, 5) is 26.6. The van der Waals surface area contributed by atoms with Crippen LogP contribution in [0, 0.1) is 17.6 Å². The molecule has 1 saturated heterocycles. The number of sulfonamides is 1. The van der Waals surface area contributed by atoms with Crippen LogP contribution >= 0.6 is 0 Å². The van der Waals surface area contributed by atoms with E-state index < -0.39 is 33.5 Å². The first kappa shape index (κ1) is 24.8. The van der Waals surface area contributed by atoms with Gasteiger partial charge >= 0.3 is 0 Å². The van der Waals surface area contributed by atoms with E-state index in [1.165, 1.54) is 21.3 Å². The Hall–Kier alpha value is -2.85. The van der Waals surface area contributed by atoms with Crippen molar-refractivity contribution in [3.8, 4) is 0 Å². The van der Waals surface area contributed by atoms with Crippen LogP contribution in [0.1, 0.15) is 33.1 Å². The maximum Gasteiger partial charge on any atom is 0.243 e. The highest BCUT2D eigenvalue weighted by Crippen LogP contribution is 2.28. The minimum absolute atomic E-state index is 0.0668. The molecule has 0 aliphatic carbocycles. The van der Waals surface area contributed by atoms with Gasteiger partial charge in [0.2, 0.25) is 21.8 Å². The van der Waals surface area contributed by atoms with Gasteiger partial charge in [0.15, 0.2) is 0 Å². The average molecular weight is 480 g/mol. The van der Waals surface area contributed by atoms with Crippen LogP contribution in [-0.2, 0) is 19.6 Å². The molecule has 178 valence electrons. The number of benzene rings is 2. The number of hydrogen-bond donors (Lipinski definition) is 1. The normalized spacial score (nSPS) is 16.5. The molecule has 0 bridgehead atoms. The summed E-state index contributed by atoms with van der Waals surface area (Å²) in [5, 5.41) is 2.39. The van der Waals surface area contributed by atoms with E-state index in [1.54, 1.807) is 12.1 Å². The van der Waals surface area contributed by atoms with Crippen LogP contribution in [0.15, 0.2) is 47.4 Å². The monoisotopic (exact) mass is 479 g/mol. The van der Waals surface area contributed by atoms with E-state index in [4.69, 9.17) is 0 Å². The third kappa shape index (κ3) is 5.56. The first-order valence-electron chi connectivity index (χ1n) is 10.8. The third-order valence-corrected chi connectivity index (χ3v) is 7.33. The molecule has 33 heavy (non-hydrogen) atoms. The van der Waals surface area contributed by atoms with E-state index in [-0.39, 0.29) is 29.5 Å². The lowest BCUT2D eigenvalue weighted by Gasteiger charge is -2.22. The maximum atomic E-state index is 13.8. The summed E-state index contributed by atoms with van der Waals surface area (Å²) in [5.41, 5.74) is 0.310.